The first-order chi connectivity index (χ1) is 2.80. The molecule has 0 bridgehead atoms. The Balaban J connectivity index is 2.67. The van der Waals surface area contributed by atoms with Crippen LogP contribution in [-0.4, -0.2) is 17.2 Å². The van der Waals surface area contributed by atoms with Gasteiger partial charge < -0.3 is 5.11 Å². The Morgan fingerprint density at radius 3 is 2.33 bits per heavy atom. The minimum atomic E-state index is -1.15. The van der Waals surface area contributed by atoms with Gasteiger partial charge in [-0.25, -0.2) is 0 Å². The van der Waals surface area contributed by atoms with Gasteiger partial charge in [0.15, 0.2) is 0 Å². The molecule has 32 valence electrons. The van der Waals surface area contributed by atoms with Crippen LogP contribution in [0.15, 0.2) is 10.2 Å². The molecule has 0 aliphatic carbocycles. The SMILES string of the molecule is O=C1N=NC1O. The topological polar surface area (TPSA) is 62.0 Å². The lowest BCUT2D eigenvalue weighted by Crippen LogP contribution is -2.22. The minimum Gasteiger partial charge on any atom is -0.363 e. The van der Waals surface area contributed by atoms with Gasteiger partial charge in [0.25, 0.3) is 0 Å². The fourth-order valence-electron chi connectivity index (χ4n) is 0.157. The fourth-order valence-corrected chi connectivity index (χ4v) is 0.157. The molecule has 0 aromatic rings. The molecular weight excluding hydrogens is 84.0 g/mol. The quantitative estimate of drug-likeness (QED) is 0.423. The van der Waals surface area contributed by atoms with Crippen LogP contribution < -0.4 is 0 Å². The molecule has 1 amide bonds. The van der Waals surface area contributed by atoms with E-state index in [4.69, 9.17) is 5.11 Å². The van der Waals surface area contributed by atoms with Gasteiger partial charge in [-0.1, -0.05) is 0 Å². The van der Waals surface area contributed by atoms with Crippen molar-refractivity contribution < 1.29 is 9.90 Å². The van der Waals surface area contributed by atoms with Gasteiger partial charge >= 0.3 is 5.91 Å². The van der Waals surface area contributed by atoms with Gasteiger partial charge in [0.05, 0.1) is 0 Å². The van der Waals surface area contributed by atoms with Crippen LogP contribution in [0.5, 0.6) is 0 Å². The van der Waals surface area contributed by atoms with E-state index in [9.17, 15) is 4.79 Å². The van der Waals surface area contributed by atoms with Crippen molar-refractivity contribution in [3.63, 3.8) is 0 Å². The van der Waals surface area contributed by atoms with E-state index in [1.54, 1.807) is 0 Å². The Morgan fingerprint density at radius 1 is 1.83 bits per heavy atom. The molecule has 0 aromatic carbocycles. The van der Waals surface area contributed by atoms with E-state index in [0.717, 1.165) is 0 Å². The van der Waals surface area contributed by atoms with Gasteiger partial charge in [0.2, 0.25) is 6.23 Å². The molecule has 1 heterocycles. The standard InChI is InChI=1S/C2H2N2O2/c5-1-2(6)4-3-1/h1,5H. The molecule has 0 saturated carbocycles. The summed E-state index contributed by atoms with van der Waals surface area (Å²) in [5.41, 5.74) is 0. The highest BCUT2D eigenvalue weighted by Crippen LogP contribution is 2.00. The van der Waals surface area contributed by atoms with Gasteiger partial charge in [-0.2, -0.15) is 0 Å². The lowest BCUT2D eigenvalue weighted by Gasteiger charge is -2.02. The monoisotopic (exact) mass is 86.0 g/mol. The Labute approximate surface area is 33.5 Å². The Kier molecular flexibility index (Phi) is 0.481. The molecule has 1 unspecified atom stereocenters. The second-order valence-corrected chi connectivity index (χ2v) is 0.927. The highest BCUT2D eigenvalue weighted by Gasteiger charge is 2.20. The molecule has 1 aliphatic heterocycles. The molecule has 0 aromatic heterocycles. The molecule has 0 fully saturated rings. The van der Waals surface area contributed by atoms with Gasteiger partial charge in [-0.15, -0.1) is 10.2 Å². The number of aliphatic hydroxyl groups excluding tert-OH is 1. The smallest absolute Gasteiger partial charge is 0.317 e. The predicted molar refractivity (Wildman–Crippen MR) is 15.9 cm³/mol. The van der Waals surface area contributed by atoms with E-state index < -0.39 is 12.1 Å². The summed E-state index contributed by atoms with van der Waals surface area (Å²) in [7, 11) is 0. The highest BCUT2D eigenvalue weighted by molar-refractivity contribution is 5.84. The average molecular weight is 86.0 g/mol. The summed E-state index contributed by atoms with van der Waals surface area (Å²) in [5, 5.41) is 14.0. The number of carbonyl (C=O) groups excluding carboxylic acids is 1. The van der Waals surface area contributed by atoms with Crippen LogP contribution in [0.4, 0.5) is 0 Å². The Bertz CT molecular complexity index is 108. The molecule has 4 heteroatoms. The van der Waals surface area contributed by atoms with Crippen molar-refractivity contribution in [2.24, 2.45) is 10.2 Å². The third kappa shape index (κ3) is 0.237. The van der Waals surface area contributed by atoms with Gasteiger partial charge in [0.1, 0.15) is 0 Å². The summed E-state index contributed by atoms with van der Waals surface area (Å²) in [6, 6.07) is 0. The van der Waals surface area contributed by atoms with Gasteiger partial charge in [-0.05, 0) is 0 Å². The number of nitrogens with zero attached hydrogens (tertiary/aromatic N) is 2. The van der Waals surface area contributed by atoms with Crippen LogP contribution in [0.2, 0.25) is 0 Å². The zero-order chi connectivity index (χ0) is 4.57. The second-order valence-electron chi connectivity index (χ2n) is 0.927. The van der Waals surface area contributed by atoms with Crippen LogP contribution in [0.1, 0.15) is 0 Å². The molecule has 4 nitrogen and oxygen atoms in total. The number of azo groups is 1. The summed E-state index contributed by atoms with van der Waals surface area (Å²) in [4.78, 5) is 9.72. The van der Waals surface area contributed by atoms with Crippen LogP contribution in [0, 0.1) is 0 Å². The van der Waals surface area contributed by atoms with Crippen LogP contribution in [-0.2, 0) is 4.79 Å². The van der Waals surface area contributed by atoms with E-state index in [2.05, 4.69) is 10.2 Å². The fraction of sp³-hybridized carbons (Fsp3) is 0.500. The molecule has 6 heavy (non-hydrogen) atoms. The molecule has 1 aliphatic rings. The van der Waals surface area contributed by atoms with Gasteiger partial charge in [0, 0.05) is 0 Å². The molecule has 0 radical (unpaired) electrons. The van der Waals surface area contributed by atoms with Gasteiger partial charge in [-0.3, -0.25) is 4.79 Å². The van der Waals surface area contributed by atoms with Crippen molar-refractivity contribution >= 4 is 5.91 Å². The number of rotatable bonds is 0. The van der Waals surface area contributed by atoms with Crippen molar-refractivity contribution in [1.29, 1.82) is 0 Å². The first-order valence-electron chi connectivity index (χ1n) is 1.43. The van der Waals surface area contributed by atoms with Crippen molar-refractivity contribution in [3.8, 4) is 0 Å². The second kappa shape index (κ2) is 0.844. The summed E-state index contributed by atoms with van der Waals surface area (Å²) < 4.78 is 0. The maximum Gasteiger partial charge on any atom is 0.317 e. The molecular formula is C2H2N2O2. The Morgan fingerprint density at radius 2 is 2.33 bits per heavy atom. The number of carbonyl (C=O) groups is 1. The van der Waals surface area contributed by atoms with Crippen LogP contribution >= 0.6 is 0 Å². The van der Waals surface area contributed by atoms with E-state index in [0.29, 0.717) is 0 Å². The number of amides is 1. The molecule has 0 saturated heterocycles. The molecule has 1 rings (SSSR count). The zero-order valence-corrected chi connectivity index (χ0v) is 2.83. The van der Waals surface area contributed by atoms with E-state index in [1.165, 1.54) is 0 Å². The van der Waals surface area contributed by atoms with Crippen LogP contribution in [0.3, 0.4) is 0 Å². The normalized spacial score (nSPS) is 30.2. The highest BCUT2D eigenvalue weighted by atomic mass is 16.3. The lowest BCUT2D eigenvalue weighted by molar-refractivity contribution is -0.131. The average Bonchev–Trinajstić information content (AvgIpc) is 1.61. The maximum atomic E-state index is 9.72. The summed E-state index contributed by atoms with van der Waals surface area (Å²) >= 11 is 0. The van der Waals surface area contributed by atoms with E-state index >= 15 is 0 Å². The van der Waals surface area contributed by atoms with Crippen molar-refractivity contribution in [3.05, 3.63) is 0 Å². The predicted octanol–water partition coefficient (Wildman–Crippen LogP) is -0.703. The maximum absolute atomic E-state index is 9.72. The van der Waals surface area contributed by atoms with E-state index in [1.807, 2.05) is 0 Å². The molecule has 1 N–H and O–H groups in total. The van der Waals surface area contributed by atoms with Crippen LogP contribution in [0.25, 0.3) is 0 Å². The first kappa shape index (κ1) is 3.42. The largest absolute Gasteiger partial charge is 0.363 e. The van der Waals surface area contributed by atoms with Crippen molar-refractivity contribution in [1.82, 2.24) is 0 Å². The number of hydrogen-bond donors (Lipinski definition) is 1. The van der Waals surface area contributed by atoms with Crippen molar-refractivity contribution in [2.45, 2.75) is 6.23 Å². The number of aliphatic hydroxyl groups is 1. The lowest BCUT2D eigenvalue weighted by atomic mass is 10.5. The molecule has 1 atom stereocenters. The summed E-state index contributed by atoms with van der Waals surface area (Å²) in [6.45, 7) is 0. The minimum absolute atomic E-state index is 0.546. The Hall–Kier alpha value is -0.770. The summed E-state index contributed by atoms with van der Waals surface area (Å²) in [5.74, 6) is -0.546. The third-order valence-electron chi connectivity index (χ3n) is 0.487. The molecule has 0 spiro atoms. The third-order valence-corrected chi connectivity index (χ3v) is 0.487. The zero-order valence-electron chi connectivity index (χ0n) is 2.83. The van der Waals surface area contributed by atoms with Crippen molar-refractivity contribution in [2.75, 3.05) is 0 Å². The summed E-state index contributed by atoms with van der Waals surface area (Å²) in [6.07, 6.45) is -1.15. The first-order valence-corrected chi connectivity index (χ1v) is 1.43. The number of hydrogen-bond acceptors (Lipinski definition) is 3. The van der Waals surface area contributed by atoms with E-state index in [-0.39, 0.29) is 0 Å².